The maximum atomic E-state index is 12.2. The van der Waals surface area contributed by atoms with E-state index in [-0.39, 0.29) is 23.8 Å². The number of ether oxygens (including phenoxy) is 1. The molecule has 1 aliphatic rings. The van der Waals surface area contributed by atoms with Gasteiger partial charge in [-0.1, -0.05) is 0 Å². The Morgan fingerprint density at radius 3 is 2.57 bits per heavy atom. The molecule has 0 aromatic carbocycles. The van der Waals surface area contributed by atoms with E-state index < -0.39 is 5.60 Å². The first-order valence-electron chi connectivity index (χ1n) is 7.70. The minimum Gasteiger partial charge on any atom is -0.460 e. The van der Waals surface area contributed by atoms with Gasteiger partial charge in [0, 0.05) is 25.4 Å². The van der Waals surface area contributed by atoms with Crippen molar-refractivity contribution in [3.63, 3.8) is 0 Å². The minimum atomic E-state index is -0.484. The molecule has 1 amide bonds. The van der Waals surface area contributed by atoms with Gasteiger partial charge in [0.05, 0.1) is 5.92 Å². The molecule has 0 radical (unpaired) electrons. The number of nitrogens with zero attached hydrogens (tertiary/aromatic N) is 1. The Morgan fingerprint density at radius 1 is 1.33 bits per heavy atom. The van der Waals surface area contributed by atoms with Gasteiger partial charge in [0.25, 0.3) is 0 Å². The summed E-state index contributed by atoms with van der Waals surface area (Å²) in [6, 6.07) is 0.182. The van der Waals surface area contributed by atoms with Crippen molar-refractivity contribution >= 4 is 11.9 Å². The third-order valence-electron chi connectivity index (χ3n) is 3.65. The summed E-state index contributed by atoms with van der Waals surface area (Å²) in [4.78, 5) is 26.2. The number of amides is 1. The van der Waals surface area contributed by atoms with Crippen LogP contribution in [0.15, 0.2) is 0 Å². The van der Waals surface area contributed by atoms with Gasteiger partial charge in [-0.05, 0) is 47.0 Å². The zero-order valence-corrected chi connectivity index (χ0v) is 13.6. The smallest absolute Gasteiger partial charge is 0.311 e. The molecule has 0 aromatic rings. The van der Waals surface area contributed by atoms with E-state index in [2.05, 4.69) is 5.92 Å². The van der Waals surface area contributed by atoms with Gasteiger partial charge >= 0.3 is 5.97 Å². The van der Waals surface area contributed by atoms with Crippen molar-refractivity contribution in [1.29, 1.82) is 0 Å². The molecule has 1 aliphatic heterocycles. The van der Waals surface area contributed by atoms with E-state index in [4.69, 9.17) is 11.2 Å². The van der Waals surface area contributed by atoms with Crippen LogP contribution in [0.2, 0.25) is 0 Å². The summed E-state index contributed by atoms with van der Waals surface area (Å²) in [7, 11) is 0. The number of hydrogen-bond donors (Lipinski definition) is 0. The molecule has 1 heterocycles. The maximum Gasteiger partial charge on any atom is 0.311 e. The number of piperidine rings is 1. The Labute approximate surface area is 128 Å². The van der Waals surface area contributed by atoms with Crippen molar-refractivity contribution in [1.82, 2.24) is 4.90 Å². The van der Waals surface area contributed by atoms with E-state index in [1.165, 1.54) is 0 Å². The average molecular weight is 293 g/mol. The zero-order valence-electron chi connectivity index (χ0n) is 13.6. The monoisotopic (exact) mass is 293 g/mol. The van der Waals surface area contributed by atoms with E-state index in [1.807, 2.05) is 32.6 Å². The van der Waals surface area contributed by atoms with Crippen molar-refractivity contribution in [3.05, 3.63) is 0 Å². The van der Waals surface area contributed by atoms with Crippen LogP contribution in [0.3, 0.4) is 0 Å². The van der Waals surface area contributed by atoms with Crippen LogP contribution in [0.5, 0.6) is 0 Å². The standard InChI is InChI=1S/C17H27NO3/c1-6-7-8-9-15(19)18-12-14(11-10-13(18)2)16(20)21-17(3,4)5/h1,13-14H,7-12H2,2-5H3/t13-,14-/m0/s1. The molecular formula is C17H27NO3. The van der Waals surface area contributed by atoms with E-state index in [1.54, 1.807) is 0 Å². The van der Waals surface area contributed by atoms with Gasteiger partial charge in [0.15, 0.2) is 0 Å². The third kappa shape index (κ3) is 5.79. The van der Waals surface area contributed by atoms with Crippen LogP contribution in [-0.4, -0.2) is 35.0 Å². The topological polar surface area (TPSA) is 46.6 Å². The molecule has 0 saturated carbocycles. The second-order valence-electron chi connectivity index (χ2n) is 6.76. The van der Waals surface area contributed by atoms with Crippen molar-refractivity contribution in [2.75, 3.05) is 6.54 Å². The molecule has 0 N–H and O–H groups in total. The molecule has 2 atom stereocenters. The number of unbranched alkanes of at least 4 members (excludes halogenated alkanes) is 1. The van der Waals surface area contributed by atoms with Crippen molar-refractivity contribution in [2.24, 2.45) is 5.92 Å². The Hall–Kier alpha value is -1.50. The fourth-order valence-corrected chi connectivity index (χ4v) is 2.52. The van der Waals surface area contributed by atoms with Crippen LogP contribution in [0.25, 0.3) is 0 Å². The van der Waals surface area contributed by atoms with Gasteiger partial charge in [-0.15, -0.1) is 12.3 Å². The summed E-state index contributed by atoms with van der Waals surface area (Å²) in [5, 5.41) is 0. The molecular weight excluding hydrogens is 266 g/mol. The number of terminal acetylenes is 1. The summed E-state index contributed by atoms with van der Waals surface area (Å²) in [6.45, 7) is 8.08. The first kappa shape index (κ1) is 17.6. The van der Waals surface area contributed by atoms with Crippen LogP contribution in [-0.2, 0) is 14.3 Å². The van der Waals surface area contributed by atoms with E-state index in [0.29, 0.717) is 25.8 Å². The predicted molar refractivity (Wildman–Crippen MR) is 82.4 cm³/mol. The fraction of sp³-hybridized carbons (Fsp3) is 0.765. The van der Waals surface area contributed by atoms with Crippen LogP contribution in [0.1, 0.15) is 59.8 Å². The Kier molecular flexibility index (Phi) is 6.26. The van der Waals surface area contributed by atoms with Crippen LogP contribution in [0, 0.1) is 18.3 Å². The molecule has 21 heavy (non-hydrogen) atoms. The van der Waals surface area contributed by atoms with E-state index in [9.17, 15) is 9.59 Å². The second kappa shape index (κ2) is 7.49. The van der Waals surface area contributed by atoms with Gasteiger partial charge in [-0.25, -0.2) is 0 Å². The number of carbonyl (C=O) groups is 2. The molecule has 1 rings (SSSR count). The number of carbonyl (C=O) groups excluding carboxylic acids is 2. The largest absolute Gasteiger partial charge is 0.460 e. The molecule has 118 valence electrons. The van der Waals surface area contributed by atoms with Crippen LogP contribution >= 0.6 is 0 Å². The number of hydrogen-bond acceptors (Lipinski definition) is 3. The minimum absolute atomic E-state index is 0.0889. The molecule has 0 unspecified atom stereocenters. The van der Waals surface area contributed by atoms with Gasteiger partial charge in [0.2, 0.25) is 5.91 Å². The van der Waals surface area contributed by atoms with E-state index in [0.717, 1.165) is 12.8 Å². The van der Waals surface area contributed by atoms with Gasteiger partial charge in [-0.2, -0.15) is 0 Å². The zero-order chi connectivity index (χ0) is 16.0. The third-order valence-corrected chi connectivity index (χ3v) is 3.65. The van der Waals surface area contributed by atoms with Gasteiger partial charge in [-0.3, -0.25) is 9.59 Å². The normalized spacial score (nSPS) is 22.5. The lowest BCUT2D eigenvalue weighted by Crippen LogP contribution is -2.48. The molecule has 0 aliphatic carbocycles. The average Bonchev–Trinajstić information content (AvgIpc) is 2.37. The number of esters is 1. The SMILES string of the molecule is C#CCCCC(=O)N1C[C@@H](C(=O)OC(C)(C)C)CC[C@@H]1C. The van der Waals surface area contributed by atoms with Crippen LogP contribution in [0.4, 0.5) is 0 Å². The lowest BCUT2D eigenvalue weighted by Gasteiger charge is -2.38. The van der Waals surface area contributed by atoms with Gasteiger partial charge < -0.3 is 9.64 Å². The highest BCUT2D eigenvalue weighted by Crippen LogP contribution is 2.25. The highest BCUT2D eigenvalue weighted by atomic mass is 16.6. The molecule has 1 saturated heterocycles. The van der Waals surface area contributed by atoms with Crippen molar-refractivity contribution in [2.45, 2.75) is 71.4 Å². The predicted octanol–water partition coefficient (Wildman–Crippen LogP) is 2.76. The summed E-state index contributed by atoms with van der Waals surface area (Å²) < 4.78 is 5.44. The lowest BCUT2D eigenvalue weighted by atomic mass is 9.92. The molecule has 1 fully saturated rings. The summed E-state index contributed by atoms with van der Waals surface area (Å²) in [5.74, 6) is 2.22. The first-order valence-corrected chi connectivity index (χ1v) is 7.70. The second-order valence-corrected chi connectivity index (χ2v) is 6.76. The highest BCUT2D eigenvalue weighted by Gasteiger charge is 2.34. The quantitative estimate of drug-likeness (QED) is 0.455. The molecule has 0 spiro atoms. The Balaban J connectivity index is 2.59. The van der Waals surface area contributed by atoms with Crippen molar-refractivity contribution < 1.29 is 14.3 Å². The number of rotatable bonds is 4. The molecule has 0 aromatic heterocycles. The summed E-state index contributed by atoms with van der Waals surface area (Å²) in [6.07, 6.45) is 8.60. The Bertz CT molecular complexity index is 417. The maximum absolute atomic E-state index is 12.2. The highest BCUT2D eigenvalue weighted by molar-refractivity contribution is 5.79. The summed E-state index contributed by atoms with van der Waals surface area (Å²) >= 11 is 0. The lowest BCUT2D eigenvalue weighted by molar-refractivity contribution is -0.163. The van der Waals surface area contributed by atoms with Crippen LogP contribution < -0.4 is 0 Å². The fourth-order valence-electron chi connectivity index (χ4n) is 2.52. The number of likely N-dealkylation sites (tertiary alicyclic amines) is 1. The molecule has 4 heteroatoms. The van der Waals surface area contributed by atoms with E-state index >= 15 is 0 Å². The summed E-state index contributed by atoms with van der Waals surface area (Å²) in [5.41, 5.74) is -0.484. The van der Waals surface area contributed by atoms with Crippen molar-refractivity contribution in [3.8, 4) is 12.3 Å². The Morgan fingerprint density at radius 2 is 2.00 bits per heavy atom. The molecule has 0 bridgehead atoms. The van der Waals surface area contributed by atoms with Gasteiger partial charge in [0.1, 0.15) is 5.60 Å². The first-order chi connectivity index (χ1) is 9.74. The molecule has 4 nitrogen and oxygen atoms in total.